The van der Waals surface area contributed by atoms with E-state index in [1.807, 2.05) is 0 Å². The summed E-state index contributed by atoms with van der Waals surface area (Å²) in [7, 11) is 16.5. The van der Waals surface area contributed by atoms with Gasteiger partial charge in [0.25, 0.3) is 0 Å². The SMILES string of the molecule is CC1=Cc2c(cccc2-c2ccccc2)[C]1=[Zr]([Cl])([Cl])(=[C]1C(C)=Cc2c1cccc2-c1ccccc1)=[Si](C)C.Cl.Cl. The Morgan fingerprint density at radius 3 is 1.20 bits per heavy atom. The zero-order valence-electron chi connectivity index (χ0n) is 23.0. The molecule has 2 aliphatic rings. The van der Waals surface area contributed by atoms with Gasteiger partial charge in [0, 0.05) is 0 Å². The minimum atomic E-state index is -4.83. The van der Waals surface area contributed by atoms with Crippen LogP contribution >= 0.6 is 41.8 Å². The molecule has 2 aliphatic carbocycles. The largest absolute Gasteiger partial charge is 0.147 e. The minimum Gasteiger partial charge on any atom is -0.147 e. The van der Waals surface area contributed by atoms with E-state index in [2.05, 4.69) is 136 Å². The van der Waals surface area contributed by atoms with Crippen molar-refractivity contribution in [1.29, 1.82) is 0 Å². The van der Waals surface area contributed by atoms with Gasteiger partial charge in [-0.1, -0.05) is 0 Å². The van der Waals surface area contributed by atoms with Crippen LogP contribution in [0.2, 0.25) is 13.1 Å². The van der Waals surface area contributed by atoms with Crippen LogP contribution in [0.25, 0.3) is 34.4 Å². The van der Waals surface area contributed by atoms with Gasteiger partial charge < -0.3 is 0 Å². The number of allylic oxidation sites excluding steroid dienone is 2. The molecular formula is C34H32Cl4SiZr. The maximum atomic E-state index is 8.25. The van der Waals surface area contributed by atoms with Crippen molar-refractivity contribution in [3.63, 3.8) is 0 Å². The van der Waals surface area contributed by atoms with Crippen LogP contribution in [0.5, 0.6) is 0 Å². The summed E-state index contributed by atoms with van der Waals surface area (Å²) in [5.41, 5.74) is 11.1. The van der Waals surface area contributed by atoms with Gasteiger partial charge in [-0.3, -0.25) is 0 Å². The van der Waals surface area contributed by atoms with E-state index < -0.39 is 19.5 Å². The topological polar surface area (TPSA) is 0 Å². The molecule has 0 aromatic heterocycles. The average molecular weight is 702 g/mol. The van der Waals surface area contributed by atoms with E-state index in [9.17, 15) is 0 Å². The van der Waals surface area contributed by atoms with Gasteiger partial charge in [-0.2, -0.15) is 0 Å². The molecule has 0 nitrogen and oxygen atoms in total. The fourth-order valence-electron chi connectivity index (χ4n) is 6.41. The second kappa shape index (κ2) is 11.6. The molecule has 0 N–H and O–H groups in total. The minimum absolute atomic E-state index is 0. The zero-order valence-corrected chi connectivity index (χ0v) is 29.6. The van der Waals surface area contributed by atoms with Gasteiger partial charge in [-0.05, 0) is 0 Å². The van der Waals surface area contributed by atoms with Crippen molar-refractivity contribution < 1.29 is 14.0 Å². The maximum absolute atomic E-state index is 8.25. The summed E-state index contributed by atoms with van der Waals surface area (Å²) in [5.74, 6) is 0. The molecule has 0 amide bonds. The molecule has 0 saturated heterocycles. The molecule has 0 atom stereocenters. The molecule has 4 aromatic carbocycles. The third kappa shape index (κ3) is 4.70. The van der Waals surface area contributed by atoms with Crippen molar-refractivity contribution in [1.82, 2.24) is 0 Å². The Hall–Kier alpha value is -1.64. The van der Waals surface area contributed by atoms with Gasteiger partial charge in [0.05, 0.1) is 0 Å². The maximum Gasteiger partial charge on any atom is -0.147 e. The molecule has 0 aliphatic heterocycles. The molecule has 6 rings (SSSR count). The van der Waals surface area contributed by atoms with Crippen molar-refractivity contribution in [2.75, 3.05) is 0 Å². The Balaban J connectivity index is 0.00000185. The van der Waals surface area contributed by atoms with Crippen LogP contribution in [0.3, 0.4) is 0 Å². The first-order valence-corrected chi connectivity index (χ1v) is 28.1. The number of fused-ring (bicyclic) bond motifs is 2. The normalized spacial score (nSPS) is 13.3. The van der Waals surface area contributed by atoms with Gasteiger partial charge in [0.1, 0.15) is 0 Å². The van der Waals surface area contributed by atoms with Crippen molar-refractivity contribution in [2.45, 2.75) is 26.9 Å². The molecule has 0 radical (unpaired) electrons. The van der Waals surface area contributed by atoms with Crippen LogP contribution in [0.15, 0.2) is 108 Å². The van der Waals surface area contributed by atoms with Crippen molar-refractivity contribution >= 4 is 65.8 Å². The fourth-order valence-corrected chi connectivity index (χ4v) is 32.4. The van der Waals surface area contributed by atoms with Crippen molar-refractivity contribution in [3.05, 3.63) is 130 Å². The molecule has 6 heteroatoms. The van der Waals surface area contributed by atoms with Crippen LogP contribution in [0.4, 0.5) is 0 Å². The van der Waals surface area contributed by atoms with E-state index in [-0.39, 0.29) is 24.8 Å². The van der Waals surface area contributed by atoms with Crippen LogP contribution < -0.4 is 0 Å². The predicted octanol–water partition coefficient (Wildman–Crippen LogP) is 10.7. The van der Waals surface area contributed by atoms with Gasteiger partial charge >= 0.3 is 235 Å². The smallest absolute Gasteiger partial charge is 0.147 e. The molecule has 0 saturated carbocycles. The summed E-state index contributed by atoms with van der Waals surface area (Å²) in [6.07, 6.45) is 4.65. The van der Waals surface area contributed by atoms with Crippen LogP contribution in [-0.4, -0.2) is 11.8 Å². The molecule has 0 fully saturated rings. The first kappa shape index (κ1) is 31.3. The third-order valence-electron chi connectivity index (χ3n) is 8.19. The van der Waals surface area contributed by atoms with Crippen LogP contribution in [-0.2, 0) is 14.0 Å². The summed E-state index contributed by atoms with van der Waals surface area (Å²) >= 11 is -4.83. The van der Waals surface area contributed by atoms with E-state index in [0.717, 1.165) is 0 Å². The second-order valence-corrected chi connectivity index (χ2v) is 47.3. The van der Waals surface area contributed by atoms with E-state index in [4.69, 9.17) is 17.0 Å². The summed E-state index contributed by atoms with van der Waals surface area (Å²) in [6.45, 7) is 9.08. The fraction of sp³-hybridized carbons (Fsp3) is 0.118. The summed E-state index contributed by atoms with van der Waals surface area (Å²) in [6, 6.07) is 34.5. The predicted molar refractivity (Wildman–Crippen MR) is 183 cm³/mol. The summed E-state index contributed by atoms with van der Waals surface area (Å²) < 4.78 is 2.48. The van der Waals surface area contributed by atoms with Crippen molar-refractivity contribution in [3.8, 4) is 22.3 Å². The Bertz CT molecular complexity index is 1830. The van der Waals surface area contributed by atoms with Crippen LogP contribution in [0.1, 0.15) is 36.1 Å². The Labute approximate surface area is 257 Å². The molecule has 0 unspecified atom stereocenters. The first-order chi connectivity index (χ1) is 18.2. The first-order valence-electron chi connectivity index (χ1n) is 13.1. The Morgan fingerprint density at radius 2 is 0.850 bits per heavy atom. The molecule has 0 spiro atoms. The van der Waals surface area contributed by atoms with Gasteiger partial charge in [0.2, 0.25) is 0 Å². The second-order valence-electron chi connectivity index (χ2n) is 10.7. The number of benzene rings is 4. The van der Waals surface area contributed by atoms with E-state index in [1.54, 1.807) is 0 Å². The van der Waals surface area contributed by atoms with E-state index in [0.29, 0.717) is 0 Å². The molecule has 204 valence electrons. The number of rotatable bonds is 2. The third-order valence-corrected chi connectivity index (χ3v) is 51.3. The molecule has 0 bridgehead atoms. The summed E-state index contributed by atoms with van der Waals surface area (Å²) in [5, 5.41) is 0. The van der Waals surface area contributed by atoms with E-state index >= 15 is 0 Å². The Morgan fingerprint density at radius 1 is 0.500 bits per heavy atom. The van der Waals surface area contributed by atoms with Crippen LogP contribution in [0, 0.1) is 0 Å². The number of hydrogen-bond donors (Lipinski definition) is 0. The monoisotopic (exact) mass is 698 g/mol. The van der Waals surface area contributed by atoms with Gasteiger partial charge in [-0.15, -0.1) is 24.8 Å². The van der Waals surface area contributed by atoms with Gasteiger partial charge in [0.15, 0.2) is 0 Å². The zero-order chi connectivity index (χ0) is 26.7. The molecule has 4 aromatic rings. The number of halogens is 4. The molecule has 0 heterocycles. The Kier molecular flexibility index (Phi) is 9.05. The van der Waals surface area contributed by atoms with E-state index in [1.165, 1.54) is 62.1 Å². The quantitative estimate of drug-likeness (QED) is 0.183. The number of hydrogen-bond acceptors (Lipinski definition) is 0. The van der Waals surface area contributed by atoms with Gasteiger partial charge in [-0.25, -0.2) is 0 Å². The standard InChI is InChI=1S/2C16H12.C2H6Si.4ClH.Zr/c2*1-12-10-14-8-5-9-15(16(14)11-12)13-6-3-2-4-7-13;1-3-2;;;;;/h2*2-9,11H,1H3;1-2H3;4*1H;/q;;;;;;;+2/p-2. The summed E-state index contributed by atoms with van der Waals surface area (Å²) in [4.78, 5) is 0. The van der Waals surface area contributed by atoms with Crippen molar-refractivity contribution in [2.24, 2.45) is 0 Å². The average Bonchev–Trinajstić information content (AvgIpc) is 3.46. The molecular weight excluding hydrogens is 669 g/mol. The molecule has 40 heavy (non-hydrogen) atoms.